The molecule has 22 heavy (non-hydrogen) atoms. The predicted octanol–water partition coefficient (Wildman–Crippen LogP) is 4.48. The van der Waals surface area contributed by atoms with E-state index in [0.29, 0.717) is 0 Å². The molecule has 0 unspecified atom stereocenters. The molecule has 108 valence electrons. The summed E-state index contributed by atoms with van der Waals surface area (Å²) in [6.07, 6.45) is 4.60. The molecule has 0 saturated heterocycles. The van der Waals surface area contributed by atoms with Gasteiger partial charge in [-0.25, -0.2) is 4.98 Å². The maximum Gasteiger partial charge on any atom is 0.107 e. The van der Waals surface area contributed by atoms with Gasteiger partial charge < -0.3 is 4.57 Å². The molecule has 3 nitrogen and oxygen atoms in total. The Morgan fingerprint density at radius 3 is 2.64 bits per heavy atom. The number of rotatable bonds is 3. The third kappa shape index (κ3) is 2.24. The van der Waals surface area contributed by atoms with Gasteiger partial charge in [-0.15, -0.1) is 0 Å². The van der Waals surface area contributed by atoms with Crippen LogP contribution in [0.2, 0.25) is 5.02 Å². The Balaban J connectivity index is 1.76. The number of halogens is 1. The van der Waals surface area contributed by atoms with Gasteiger partial charge in [-0.3, -0.25) is 4.98 Å². The highest BCUT2D eigenvalue weighted by Gasteiger charge is 2.08. The molecule has 2 aromatic heterocycles. The lowest BCUT2D eigenvalue weighted by Crippen LogP contribution is -2.01. The molecule has 0 radical (unpaired) electrons. The highest BCUT2D eigenvalue weighted by Crippen LogP contribution is 2.23. The number of hydrogen-bond acceptors (Lipinski definition) is 2. The van der Waals surface area contributed by atoms with Gasteiger partial charge in [0.2, 0.25) is 0 Å². The Labute approximate surface area is 133 Å². The van der Waals surface area contributed by atoms with Gasteiger partial charge in [0.05, 0.1) is 23.6 Å². The Kier molecular flexibility index (Phi) is 3.28. The third-order valence-electron chi connectivity index (χ3n) is 3.93. The molecule has 0 atom stereocenters. The molecular formula is C18H14ClN3. The van der Waals surface area contributed by atoms with E-state index in [0.717, 1.165) is 45.5 Å². The van der Waals surface area contributed by atoms with Gasteiger partial charge in [0, 0.05) is 17.0 Å². The number of aromatic nitrogens is 3. The minimum Gasteiger partial charge on any atom is -0.330 e. The highest BCUT2D eigenvalue weighted by atomic mass is 35.5. The summed E-state index contributed by atoms with van der Waals surface area (Å²) in [5.74, 6) is 0. The van der Waals surface area contributed by atoms with Crippen LogP contribution in [0.15, 0.2) is 61.1 Å². The number of aryl methyl sites for hydroxylation is 2. The molecular weight excluding hydrogens is 294 g/mol. The van der Waals surface area contributed by atoms with Crippen LogP contribution in [0.4, 0.5) is 0 Å². The summed E-state index contributed by atoms with van der Waals surface area (Å²) in [5, 5.41) is 1.95. The highest BCUT2D eigenvalue weighted by molar-refractivity contribution is 6.31. The first kappa shape index (κ1) is 13.3. The summed E-state index contributed by atoms with van der Waals surface area (Å²) in [5.41, 5.74) is 4.22. The quantitative estimate of drug-likeness (QED) is 0.558. The smallest absolute Gasteiger partial charge is 0.107 e. The molecule has 0 bridgehead atoms. The number of nitrogens with zero attached hydrogens (tertiary/aromatic N) is 3. The fourth-order valence-corrected chi connectivity index (χ4v) is 3.04. The van der Waals surface area contributed by atoms with Gasteiger partial charge in [0.15, 0.2) is 0 Å². The minimum absolute atomic E-state index is 0.818. The maximum absolute atomic E-state index is 6.24. The number of hydrogen-bond donors (Lipinski definition) is 0. The van der Waals surface area contributed by atoms with Gasteiger partial charge in [0.1, 0.15) is 5.52 Å². The zero-order chi connectivity index (χ0) is 14.9. The summed E-state index contributed by atoms with van der Waals surface area (Å²) < 4.78 is 2.18. The Hall–Kier alpha value is -2.39. The van der Waals surface area contributed by atoms with Crippen molar-refractivity contribution >= 4 is 33.5 Å². The molecule has 0 aliphatic heterocycles. The summed E-state index contributed by atoms with van der Waals surface area (Å²) in [6.45, 7) is 0.842. The number of para-hydroxylation sites is 1. The number of benzene rings is 2. The summed E-state index contributed by atoms with van der Waals surface area (Å²) in [7, 11) is 0. The van der Waals surface area contributed by atoms with E-state index in [1.54, 1.807) is 0 Å². The van der Waals surface area contributed by atoms with Gasteiger partial charge in [-0.1, -0.05) is 48.0 Å². The average Bonchev–Trinajstić information content (AvgIpc) is 2.98. The van der Waals surface area contributed by atoms with Crippen LogP contribution in [0.25, 0.3) is 21.9 Å². The van der Waals surface area contributed by atoms with Crippen LogP contribution in [0.5, 0.6) is 0 Å². The van der Waals surface area contributed by atoms with Gasteiger partial charge in [0.25, 0.3) is 0 Å². The zero-order valence-electron chi connectivity index (χ0n) is 11.9. The molecule has 0 aliphatic rings. The minimum atomic E-state index is 0.818. The van der Waals surface area contributed by atoms with Crippen molar-refractivity contribution in [1.29, 1.82) is 0 Å². The van der Waals surface area contributed by atoms with Crippen LogP contribution in [0, 0.1) is 0 Å². The van der Waals surface area contributed by atoms with Gasteiger partial charge >= 0.3 is 0 Å². The fourth-order valence-electron chi connectivity index (χ4n) is 2.81. The van der Waals surface area contributed by atoms with E-state index in [1.807, 2.05) is 48.9 Å². The van der Waals surface area contributed by atoms with Crippen molar-refractivity contribution < 1.29 is 0 Å². The molecule has 4 heteroatoms. The van der Waals surface area contributed by atoms with E-state index in [-0.39, 0.29) is 0 Å². The average molecular weight is 308 g/mol. The van der Waals surface area contributed by atoms with Crippen molar-refractivity contribution in [3.8, 4) is 0 Å². The van der Waals surface area contributed by atoms with Crippen LogP contribution in [-0.2, 0) is 13.0 Å². The Morgan fingerprint density at radius 1 is 0.909 bits per heavy atom. The normalized spacial score (nSPS) is 11.3. The molecule has 0 spiro atoms. The summed E-state index contributed by atoms with van der Waals surface area (Å²) in [4.78, 5) is 8.93. The lowest BCUT2D eigenvalue weighted by Gasteiger charge is -2.08. The largest absolute Gasteiger partial charge is 0.330 e. The second-order valence-corrected chi connectivity index (χ2v) is 5.70. The van der Waals surface area contributed by atoms with E-state index in [4.69, 9.17) is 11.6 Å². The van der Waals surface area contributed by atoms with Crippen LogP contribution < -0.4 is 0 Å². The molecule has 2 aromatic carbocycles. The first-order chi connectivity index (χ1) is 10.8. The van der Waals surface area contributed by atoms with E-state index in [2.05, 4.69) is 26.7 Å². The predicted molar refractivity (Wildman–Crippen MR) is 90.2 cm³/mol. The lowest BCUT2D eigenvalue weighted by atomic mass is 10.1. The van der Waals surface area contributed by atoms with E-state index < -0.39 is 0 Å². The first-order valence-corrected chi connectivity index (χ1v) is 7.63. The summed E-state index contributed by atoms with van der Waals surface area (Å²) in [6, 6.07) is 16.1. The molecule has 0 aliphatic carbocycles. The second kappa shape index (κ2) is 5.43. The molecule has 4 rings (SSSR count). The Morgan fingerprint density at radius 2 is 1.73 bits per heavy atom. The van der Waals surface area contributed by atoms with E-state index in [1.165, 1.54) is 0 Å². The topological polar surface area (TPSA) is 30.7 Å². The van der Waals surface area contributed by atoms with Crippen LogP contribution in [-0.4, -0.2) is 14.5 Å². The molecule has 0 amide bonds. The monoisotopic (exact) mass is 307 g/mol. The van der Waals surface area contributed by atoms with Crippen molar-refractivity contribution in [2.45, 2.75) is 13.0 Å². The number of pyridine rings is 1. The molecule has 0 fully saturated rings. The molecule has 2 heterocycles. The van der Waals surface area contributed by atoms with Crippen molar-refractivity contribution in [3.05, 3.63) is 71.6 Å². The number of fused-ring (bicyclic) bond motifs is 3. The van der Waals surface area contributed by atoms with Crippen molar-refractivity contribution in [2.24, 2.45) is 0 Å². The van der Waals surface area contributed by atoms with Crippen LogP contribution in [0.1, 0.15) is 5.56 Å². The lowest BCUT2D eigenvalue weighted by molar-refractivity contribution is 0.717. The zero-order valence-corrected chi connectivity index (χ0v) is 12.7. The van der Waals surface area contributed by atoms with Crippen molar-refractivity contribution in [1.82, 2.24) is 14.5 Å². The molecule has 4 aromatic rings. The SMILES string of the molecule is Clc1ccccc1CCn1cnc2cnc3ccccc3c21. The van der Waals surface area contributed by atoms with Crippen molar-refractivity contribution in [2.75, 3.05) is 0 Å². The van der Waals surface area contributed by atoms with Crippen LogP contribution >= 0.6 is 11.6 Å². The van der Waals surface area contributed by atoms with Gasteiger partial charge in [-0.05, 0) is 24.1 Å². The maximum atomic E-state index is 6.24. The van der Waals surface area contributed by atoms with E-state index >= 15 is 0 Å². The Bertz CT molecular complexity index is 959. The number of imidazole rings is 1. The summed E-state index contributed by atoms with van der Waals surface area (Å²) >= 11 is 6.24. The third-order valence-corrected chi connectivity index (χ3v) is 4.30. The van der Waals surface area contributed by atoms with Crippen molar-refractivity contribution in [3.63, 3.8) is 0 Å². The van der Waals surface area contributed by atoms with Gasteiger partial charge in [-0.2, -0.15) is 0 Å². The molecule has 0 saturated carbocycles. The van der Waals surface area contributed by atoms with Crippen LogP contribution in [0.3, 0.4) is 0 Å². The molecule has 0 N–H and O–H groups in total. The standard InChI is InChI=1S/C18H14ClN3/c19-15-7-3-1-5-13(15)9-10-22-12-21-17-11-20-16-8-4-2-6-14(16)18(17)22/h1-8,11-12H,9-10H2. The first-order valence-electron chi connectivity index (χ1n) is 7.25. The fraction of sp³-hybridized carbons (Fsp3) is 0.111. The second-order valence-electron chi connectivity index (χ2n) is 5.29. The van der Waals surface area contributed by atoms with E-state index in [9.17, 15) is 0 Å².